The first-order valence-corrected chi connectivity index (χ1v) is 5.74. The van der Waals surface area contributed by atoms with Gasteiger partial charge < -0.3 is 10.1 Å². The van der Waals surface area contributed by atoms with E-state index in [1.54, 1.807) is 6.92 Å². The van der Waals surface area contributed by atoms with Crippen LogP contribution in [-0.2, 0) is 16.0 Å². The number of anilines is 1. The summed E-state index contributed by atoms with van der Waals surface area (Å²) in [5, 5.41) is 3.02. The van der Waals surface area contributed by atoms with E-state index in [1.807, 2.05) is 12.1 Å². The Bertz CT molecular complexity index is 319. The van der Waals surface area contributed by atoms with Crippen LogP contribution in [0.2, 0.25) is 0 Å². The predicted octanol–water partition coefficient (Wildman–Crippen LogP) is 2.61. The van der Waals surface area contributed by atoms with Crippen LogP contribution in [-0.4, -0.2) is 19.1 Å². The van der Waals surface area contributed by atoms with E-state index < -0.39 is 0 Å². The fourth-order valence-corrected chi connectivity index (χ4v) is 1.46. The Hall–Kier alpha value is -1.51. The van der Waals surface area contributed by atoms with Crippen molar-refractivity contribution in [1.29, 1.82) is 0 Å². The SMILES string of the molecule is CCCc1ccc(NCC(=O)OCC)cc1. The molecular weight excluding hydrogens is 202 g/mol. The Morgan fingerprint density at radius 1 is 1.25 bits per heavy atom. The zero-order chi connectivity index (χ0) is 11.8. The van der Waals surface area contributed by atoms with Crippen molar-refractivity contribution < 1.29 is 9.53 Å². The lowest BCUT2D eigenvalue weighted by Crippen LogP contribution is -2.16. The first-order valence-electron chi connectivity index (χ1n) is 5.74. The summed E-state index contributed by atoms with van der Waals surface area (Å²) in [4.78, 5) is 11.1. The number of ether oxygens (including phenoxy) is 1. The van der Waals surface area contributed by atoms with Crippen LogP contribution in [0.3, 0.4) is 0 Å². The van der Waals surface area contributed by atoms with Gasteiger partial charge in [0.25, 0.3) is 0 Å². The van der Waals surface area contributed by atoms with Gasteiger partial charge in [0, 0.05) is 5.69 Å². The molecule has 1 aromatic rings. The molecule has 0 radical (unpaired) electrons. The molecule has 3 nitrogen and oxygen atoms in total. The van der Waals surface area contributed by atoms with Crippen molar-refractivity contribution in [3.8, 4) is 0 Å². The molecule has 0 amide bonds. The lowest BCUT2D eigenvalue weighted by atomic mass is 10.1. The van der Waals surface area contributed by atoms with E-state index in [2.05, 4.69) is 24.4 Å². The second-order valence-electron chi connectivity index (χ2n) is 3.61. The number of rotatable bonds is 6. The van der Waals surface area contributed by atoms with Gasteiger partial charge in [-0.2, -0.15) is 0 Å². The third-order valence-corrected chi connectivity index (χ3v) is 2.23. The fraction of sp³-hybridized carbons (Fsp3) is 0.462. The highest BCUT2D eigenvalue weighted by Crippen LogP contribution is 2.10. The number of carbonyl (C=O) groups excluding carboxylic acids is 1. The molecule has 0 atom stereocenters. The second kappa shape index (κ2) is 6.88. The van der Waals surface area contributed by atoms with E-state index in [-0.39, 0.29) is 12.5 Å². The zero-order valence-electron chi connectivity index (χ0n) is 9.95. The summed E-state index contributed by atoms with van der Waals surface area (Å²) in [5.74, 6) is -0.222. The highest BCUT2D eigenvalue weighted by atomic mass is 16.5. The van der Waals surface area contributed by atoms with Gasteiger partial charge in [-0.05, 0) is 31.0 Å². The molecule has 0 aliphatic carbocycles. The average Bonchev–Trinajstić information content (AvgIpc) is 2.29. The summed E-state index contributed by atoms with van der Waals surface area (Å²) in [5.41, 5.74) is 2.28. The van der Waals surface area contributed by atoms with E-state index >= 15 is 0 Å². The molecule has 1 aromatic carbocycles. The van der Waals surface area contributed by atoms with Crippen LogP contribution in [0.1, 0.15) is 25.8 Å². The van der Waals surface area contributed by atoms with E-state index in [0.29, 0.717) is 6.61 Å². The van der Waals surface area contributed by atoms with Crippen molar-refractivity contribution in [3.63, 3.8) is 0 Å². The predicted molar refractivity (Wildman–Crippen MR) is 65.6 cm³/mol. The highest BCUT2D eigenvalue weighted by Gasteiger charge is 2.00. The molecule has 0 saturated heterocycles. The summed E-state index contributed by atoms with van der Waals surface area (Å²) >= 11 is 0. The molecule has 0 aromatic heterocycles. The normalized spacial score (nSPS) is 9.88. The molecule has 0 heterocycles. The molecule has 0 bridgehead atoms. The van der Waals surface area contributed by atoms with Crippen molar-refractivity contribution in [2.24, 2.45) is 0 Å². The minimum Gasteiger partial charge on any atom is -0.465 e. The average molecular weight is 221 g/mol. The maximum absolute atomic E-state index is 11.1. The molecule has 3 heteroatoms. The first-order chi connectivity index (χ1) is 7.76. The van der Waals surface area contributed by atoms with Crippen LogP contribution in [0.15, 0.2) is 24.3 Å². The van der Waals surface area contributed by atoms with Crippen molar-refractivity contribution in [2.45, 2.75) is 26.7 Å². The summed E-state index contributed by atoms with van der Waals surface area (Å²) in [6.45, 7) is 4.61. The number of carbonyl (C=O) groups is 1. The zero-order valence-corrected chi connectivity index (χ0v) is 9.95. The number of esters is 1. The van der Waals surface area contributed by atoms with Crippen molar-refractivity contribution in [3.05, 3.63) is 29.8 Å². The third-order valence-electron chi connectivity index (χ3n) is 2.23. The van der Waals surface area contributed by atoms with Gasteiger partial charge in [0.05, 0.1) is 6.61 Å². The van der Waals surface area contributed by atoms with Gasteiger partial charge in [-0.25, -0.2) is 0 Å². The fourth-order valence-electron chi connectivity index (χ4n) is 1.46. The Kier molecular flexibility index (Phi) is 5.40. The molecule has 0 spiro atoms. The number of aryl methyl sites for hydroxylation is 1. The standard InChI is InChI=1S/C13H19NO2/c1-3-5-11-6-8-12(9-7-11)14-10-13(15)16-4-2/h6-9,14H,3-5,10H2,1-2H3. The Balaban J connectivity index is 2.40. The largest absolute Gasteiger partial charge is 0.465 e. The van der Waals surface area contributed by atoms with Crippen LogP contribution in [0.4, 0.5) is 5.69 Å². The van der Waals surface area contributed by atoms with Gasteiger partial charge in [-0.1, -0.05) is 25.5 Å². The molecule has 0 aliphatic rings. The summed E-state index contributed by atoms with van der Waals surface area (Å²) in [6, 6.07) is 8.14. The third kappa shape index (κ3) is 4.34. The number of benzene rings is 1. The molecule has 88 valence electrons. The van der Waals surface area contributed by atoms with Gasteiger partial charge in [0.15, 0.2) is 0 Å². The van der Waals surface area contributed by atoms with Gasteiger partial charge in [0.1, 0.15) is 6.54 Å². The van der Waals surface area contributed by atoms with Gasteiger partial charge >= 0.3 is 5.97 Å². The van der Waals surface area contributed by atoms with E-state index in [0.717, 1.165) is 18.5 Å². The maximum atomic E-state index is 11.1. The van der Waals surface area contributed by atoms with Crippen molar-refractivity contribution >= 4 is 11.7 Å². The van der Waals surface area contributed by atoms with Crippen molar-refractivity contribution in [1.82, 2.24) is 0 Å². The maximum Gasteiger partial charge on any atom is 0.325 e. The minimum absolute atomic E-state index is 0.222. The van der Waals surface area contributed by atoms with E-state index in [9.17, 15) is 4.79 Å². The molecule has 0 fully saturated rings. The van der Waals surface area contributed by atoms with E-state index in [4.69, 9.17) is 4.74 Å². The quantitative estimate of drug-likeness (QED) is 0.750. The van der Waals surface area contributed by atoms with Gasteiger partial charge in [0.2, 0.25) is 0 Å². The van der Waals surface area contributed by atoms with Crippen LogP contribution >= 0.6 is 0 Å². The van der Waals surface area contributed by atoms with Crippen LogP contribution in [0, 0.1) is 0 Å². The molecule has 0 unspecified atom stereocenters. The number of hydrogen-bond donors (Lipinski definition) is 1. The Morgan fingerprint density at radius 3 is 2.50 bits per heavy atom. The summed E-state index contributed by atoms with van der Waals surface area (Å²) in [6.07, 6.45) is 2.24. The van der Waals surface area contributed by atoms with Crippen molar-refractivity contribution in [2.75, 3.05) is 18.5 Å². The minimum atomic E-state index is -0.222. The smallest absolute Gasteiger partial charge is 0.325 e. The molecule has 0 aliphatic heterocycles. The van der Waals surface area contributed by atoms with Crippen LogP contribution in [0.25, 0.3) is 0 Å². The van der Waals surface area contributed by atoms with E-state index in [1.165, 1.54) is 5.56 Å². The number of nitrogens with one attached hydrogen (secondary N) is 1. The first kappa shape index (κ1) is 12.6. The molecular formula is C13H19NO2. The van der Waals surface area contributed by atoms with Crippen LogP contribution < -0.4 is 5.32 Å². The number of hydrogen-bond acceptors (Lipinski definition) is 3. The van der Waals surface area contributed by atoms with Gasteiger partial charge in [-0.3, -0.25) is 4.79 Å². The lowest BCUT2D eigenvalue weighted by molar-refractivity contribution is -0.140. The van der Waals surface area contributed by atoms with Gasteiger partial charge in [-0.15, -0.1) is 0 Å². The Labute approximate surface area is 96.8 Å². The summed E-state index contributed by atoms with van der Waals surface area (Å²) in [7, 11) is 0. The molecule has 1 N–H and O–H groups in total. The molecule has 1 rings (SSSR count). The summed E-state index contributed by atoms with van der Waals surface area (Å²) < 4.78 is 4.82. The highest BCUT2D eigenvalue weighted by molar-refractivity contribution is 5.74. The molecule has 0 saturated carbocycles. The monoisotopic (exact) mass is 221 g/mol. The second-order valence-corrected chi connectivity index (χ2v) is 3.61. The topological polar surface area (TPSA) is 38.3 Å². The lowest BCUT2D eigenvalue weighted by Gasteiger charge is -2.06. The molecule has 16 heavy (non-hydrogen) atoms. The Morgan fingerprint density at radius 2 is 1.94 bits per heavy atom. The van der Waals surface area contributed by atoms with Crippen LogP contribution in [0.5, 0.6) is 0 Å².